The highest BCUT2D eigenvalue weighted by molar-refractivity contribution is 5.94. The number of benzene rings is 1. The molecule has 0 saturated heterocycles. The monoisotopic (exact) mass is 278 g/mol. The van der Waals surface area contributed by atoms with Gasteiger partial charge in [-0.15, -0.1) is 0 Å². The van der Waals surface area contributed by atoms with Crippen LogP contribution in [0.25, 0.3) is 0 Å². The smallest absolute Gasteiger partial charge is 0.251 e. The van der Waals surface area contributed by atoms with Crippen molar-refractivity contribution in [3.05, 3.63) is 35.4 Å². The first-order valence-corrected chi connectivity index (χ1v) is 7.29. The Hall–Kier alpha value is -1.39. The van der Waals surface area contributed by atoms with Gasteiger partial charge in [-0.25, -0.2) is 0 Å². The summed E-state index contributed by atoms with van der Waals surface area (Å²) in [5, 5.41) is 12.4. The molecule has 0 heterocycles. The van der Waals surface area contributed by atoms with Crippen molar-refractivity contribution in [1.82, 2.24) is 5.32 Å². The lowest BCUT2D eigenvalue weighted by atomic mass is 9.83. The fourth-order valence-corrected chi connectivity index (χ4v) is 2.14. The van der Waals surface area contributed by atoms with Gasteiger partial charge in [0.25, 0.3) is 5.91 Å². The second kappa shape index (κ2) is 8.02. The van der Waals surface area contributed by atoms with E-state index in [-0.39, 0.29) is 17.9 Å². The summed E-state index contributed by atoms with van der Waals surface area (Å²) in [6, 6.07) is 7.50. The van der Waals surface area contributed by atoms with Crippen LogP contribution in [0, 0.1) is 5.41 Å². The summed E-state index contributed by atoms with van der Waals surface area (Å²) in [5.41, 5.74) is 7.06. The minimum Gasteiger partial charge on any atom is -0.396 e. The molecule has 0 fully saturated rings. The number of nitrogens with one attached hydrogen (secondary N) is 1. The molecular formula is C16H26N2O2. The molecule has 0 aliphatic carbocycles. The molecular weight excluding hydrogens is 252 g/mol. The van der Waals surface area contributed by atoms with Crippen LogP contribution in [0.4, 0.5) is 0 Å². The predicted octanol–water partition coefficient (Wildman–Crippen LogP) is 1.72. The van der Waals surface area contributed by atoms with Crippen LogP contribution in [0.3, 0.4) is 0 Å². The van der Waals surface area contributed by atoms with E-state index in [0.717, 1.165) is 24.8 Å². The summed E-state index contributed by atoms with van der Waals surface area (Å²) in [7, 11) is 0. The predicted molar refractivity (Wildman–Crippen MR) is 81.6 cm³/mol. The van der Waals surface area contributed by atoms with Gasteiger partial charge < -0.3 is 16.2 Å². The van der Waals surface area contributed by atoms with Gasteiger partial charge >= 0.3 is 0 Å². The minimum atomic E-state index is -0.213. The van der Waals surface area contributed by atoms with Crippen molar-refractivity contribution in [2.45, 2.75) is 33.1 Å². The van der Waals surface area contributed by atoms with E-state index >= 15 is 0 Å². The van der Waals surface area contributed by atoms with Crippen molar-refractivity contribution >= 4 is 5.91 Å². The summed E-state index contributed by atoms with van der Waals surface area (Å²) >= 11 is 0. The standard InChI is InChI=1S/C16H26N2O2/c1-3-16(4-2,12-19)11-18-15(20)14-7-5-13(6-8-14)9-10-17/h5-8,19H,3-4,9-12,17H2,1-2H3,(H,18,20). The van der Waals surface area contributed by atoms with Crippen LogP contribution in [0.5, 0.6) is 0 Å². The summed E-state index contributed by atoms with van der Waals surface area (Å²) in [4.78, 5) is 12.1. The molecule has 0 aromatic heterocycles. The number of nitrogens with two attached hydrogens (primary N) is 1. The Labute approximate surface area is 121 Å². The lowest BCUT2D eigenvalue weighted by molar-refractivity contribution is 0.0851. The number of carbonyl (C=O) groups is 1. The second-order valence-corrected chi connectivity index (χ2v) is 5.28. The van der Waals surface area contributed by atoms with E-state index in [0.29, 0.717) is 18.7 Å². The maximum atomic E-state index is 12.1. The highest BCUT2D eigenvalue weighted by atomic mass is 16.3. The van der Waals surface area contributed by atoms with E-state index in [1.165, 1.54) is 0 Å². The molecule has 1 aromatic rings. The number of hydrogen-bond donors (Lipinski definition) is 3. The first-order chi connectivity index (χ1) is 9.60. The SMILES string of the molecule is CCC(CC)(CO)CNC(=O)c1ccc(CCN)cc1. The molecule has 4 nitrogen and oxygen atoms in total. The van der Waals surface area contributed by atoms with Crippen LogP contribution >= 0.6 is 0 Å². The third kappa shape index (κ3) is 4.32. The van der Waals surface area contributed by atoms with Gasteiger partial charge in [0.05, 0.1) is 6.61 Å². The van der Waals surface area contributed by atoms with Crippen molar-refractivity contribution in [3.8, 4) is 0 Å². The molecule has 0 bridgehead atoms. The molecule has 112 valence electrons. The highest BCUT2D eigenvalue weighted by Gasteiger charge is 2.25. The molecule has 0 spiro atoms. The molecule has 0 aliphatic heterocycles. The lowest BCUT2D eigenvalue weighted by Gasteiger charge is -2.29. The molecule has 4 N–H and O–H groups in total. The van der Waals surface area contributed by atoms with Crippen molar-refractivity contribution in [2.75, 3.05) is 19.7 Å². The van der Waals surface area contributed by atoms with Crippen molar-refractivity contribution in [2.24, 2.45) is 11.1 Å². The number of hydrogen-bond acceptors (Lipinski definition) is 3. The van der Waals surface area contributed by atoms with Crippen molar-refractivity contribution in [3.63, 3.8) is 0 Å². The second-order valence-electron chi connectivity index (χ2n) is 5.28. The average molecular weight is 278 g/mol. The van der Waals surface area contributed by atoms with Crippen LogP contribution in [-0.4, -0.2) is 30.7 Å². The van der Waals surface area contributed by atoms with Gasteiger partial charge in [0.15, 0.2) is 0 Å². The van der Waals surface area contributed by atoms with Gasteiger partial charge in [0, 0.05) is 17.5 Å². The molecule has 0 aliphatic rings. The average Bonchev–Trinajstić information content (AvgIpc) is 2.50. The molecule has 1 rings (SSSR count). The quantitative estimate of drug-likeness (QED) is 0.677. The van der Waals surface area contributed by atoms with Gasteiger partial charge in [-0.2, -0.15) is 0 Å². The lowest BCUT2D eigenvalue weighted by Crippen LogP contribution is -2.39. The number of rotatable bonds is 8. The molecule has 1 aromatic carbocycles. The Morgan fingerprint density at radius 3 is 2.30 bits per heavy atom. The summed E-state index contributed by atoms with van der Waals surface area (Å²) in [5.74, 6) is -0.0935. The number of carbonyl (C=O) groups excluding carboxylic acids is 1. The largest absolute Gasteiger partial charge is 0.396 e. The van der Waals surface area contributed by atoms with E-state index in [1.807, 2.05) is 38.1 Å². The number of amides is 1. The third-order valence-corrected chi connectivity index (χ3v) is 4.11. The first-order valence-electron chi connectivity index (χ1n) is 7.29. The number of aliphatic hydroxyl groups is 1. The normalized spacial score (nSPS) is 11.4. The molecule has 0 unspecified atom stereocenters. The van der Waals surface area contributed by atoms with Gasteiger partial charge in [0.1, 0.15) is 0 Å². The molecule has 1 amide bonds. The molecule has 0 radical (unpaired) electrons. The van der Waals surface area contributed by atoms with E-state index < -0.39 is 0 Å². The van der Waals surface area contributed by atoms with E-state index in [9.17, 15) is 9.90 Å². The molecule has 0 saturated carbocycles. The van der Waals surface area contributed by atoms with Crippen molar-refractivity contribution < 1.29 is 9.90 Å². The number of aliphatic hydroxyl groups excluding tert-OH is 1. The molecule has 0 atom stereocenters. The van der Waals surface area contributed by atoms with Crippen LogP contribution in [0.2, 0.25) is 0 Å². The third-order valence-electron chi connectivity index (χ3n) is 4.11. The highest BCUT2D eigenvalue weighted by Crippen LogP contribution is 2.24. The Morgan fingerprint density at radius 2 is 1.85 bits per heavy atom. The zero-order valence-electron chi connectivity index (χ0n) is 12.5. The van der Waals surface area contributed by atoms with Gasteiger partial charge in [-0.05, 0) is 43.5 Å². The Bertz CT molecular complexity index is 403. The Morgan fingerprint density at radius 1 is 1.25 bits per heavy atom. The fourth-order valence-electron chi connectivity index (χ4n) is 2.14. The van der Waals surface area contributed by atoms with E-state index in [4.69, 9.17) is 5.73 Å². The summed E-state index contributed by atoms with van der Waals surface area (Å²) < 4.78 is 0. The van der Waals surface area contributed by atoms with E-state index in [1.54, 1.807) is 0 Å². The maximum Gasteiger partial charge on any atom is 0.251 e. The van der Waals surface area contributed by atoms with Crippen LogP contribution in [-0.2, 0) is 6.42 Å². The van der Waals surface area contributed by atoms with E-state index in [2.05, 4.69) is 5.32 Å². The van der Waals surface area contributed by atoms with Crippen LogP contribution < -0.4 is 11.1 Å². The Kier molecular flexibility index (Phi) is 6.68. The first kappa shape index (κ1) is 16.7. The molecule has 20 heavy (non-hydrogen) atoms. The zero-order valence-corrected chi connectivity index (χ0v) is 12.5. The van der Waals surface area contributed by atoms with Gasteiger partial charge in [-0.1, -0.05) is 26.0 Å². The zero-order chi connectivity index (χ0) is 15.0. The Balaban J connectivity index is 2.62. The summed E-state index contributed by atoms with van der Waals surface area (Å²) in [6.45, 7) is 5.27. The van der Waals surface area contributed by atoms with Crippen LogP contribution in [0.1, 0.15) is 42.6 Å². The van der Waals surface area contributed by atoms with Gasteiger partial charge in [0.2, 0.25) is 0 Å². The summed E-state index contributed by atoms with van der Waals surface area (Å²) in [6.07, 6.45) is 2.51. The van der Waals surface area contributed by atoms with Crippen LogP contribution in [0.15, 0.2) is 24.3 Å². The molecule has 4 heteroatoms. The minimum absolute atomic E-state index is 0.0930. The van der Waals surface area contributed by atoms with Crippen molar-refractivity contribution in [1.29, 1.82) is 0 Å². The fraction of sp³-hybridized carbons (Fsp3) is 0.562. The maximum absolute atomic E-state index is 12.1. The van der Waals surface area contributed by atoms with Gasteiger partial charge in [-0.3, -0.25) is 4.79 Å². The topological polar surface area (TPSA) is 75.3 Å².